The first kappa shape index (κ1) is 23.9. The van der Waals surface area contributed by atoms with Crippen molar-refractivity contribution in [2.45, 2.75) is 57.2 Å². The highest BCUT2D eigenvalue weighted by Crippen LogP contribution is 2.34. The molecule has 5 heterocycles. The molecule has 0 radical (unpaired) electrons. The number of pyridine rings is 1. The zero-order chi connectivity index (χ0) is 30.0. The van der Waals surface area contributed by atoms with Gasteiger partial charge in [0.25, 0.3) is 5.56 Å². The molecule has 2 aromatic heterocycles. The summed E-state index contributed by atoms with van der Waals surface area (Å²) in [6.07, 6.45) is 5.61. The first-order chi connectivity index (χ1) is 20.6. The summed E-state index contributed by atoms with van der Waals surface area (Å²) in [6.45, 7) is 1.92. The lowest BCUT2D eigenvalue weighted by molar-refractivity contribution is 0.188. The van der Waals surface area contributed by atoms with Crippen LogP contribution in [0.3, 0.4) is 0 Å². The van der Waals surface area contributed by atoms with Gasteiger partial charge in [-0.2, -0.15) is 9.97 Å². The van der Waals surface area contributed by atoms with Gasteiger partial charge in [0.15, 0.2) is 0 Å². The molecule has 214 valence electrons. The minimum atomic E-state index is -2.08. The van der Waals surface area contributed by atoms with Crippen LogP contribution < -0.4 is 20.5 Å². The quantitative estimate of drug-likeness (QED) is 0.368. The van der Waals surface area contributed by atoms with Gasteiger partial charge in [0.05, 0.1) is 13.8 Å². The number of aromatic hydroxyl groups is 1. The predicted molar refractivity (Wildman–Crippen MR) is 157 cm³/mol. The number of nitrogens with zero attached hydrogens (tertiary/aromatic N) is 5. The molecule has 2 N–H and O–H groups in total. The SMILES string of the molecule is [2H]C([2H])(Oc1nc(N2C[C@H]3CC[C@@H](C2)N3)c2ccn(-c3cc(O)cc4ccc(F)c(CC)c34)c(=O)c2n1)[C@@H]1CCCN1C. The second-order valence-electron chi connectivity index (χ2n) is 11.4. The van der Waals surface area contributed by atoms with E-state index in [0.717, 1.165) is 25.8 Å². The first-order valence-corrected chi connectivity index (χ1v) is 14.4. The van der Waals surface area contributed by atoms with Crippen LogP contribution >= 0.6 is 0 Å². The molecule has 3 fully saturated rings. The molecule has 0 saturated carbocycles. The van der Waals surface area contributed by atoms with Gasteiger partial charge in [-0.25, -0.2) is 4.39 Å². The van der Waals surface area contributed by atoms with Crippen molar-refractivity contribution in [2.75, 3.05) is 38.1 Å². The maximum absolute atomic E-state index is 14.9. The van der Waals surface area contributed by atoms with Crippen molar-refractivity contribution in [2.24, 2.45) is 0 Å². The van der Waals surface area contributed by atoms with Crippen LogP contribution in [0.4, 0.5) is 10.2 Å². The van der Waals surface area contributed by atoms with Crippen molar-refractivity contribution in [3.05, 3.63) is 58.3 Å². The molecule has 0 spiro atoms. The number of piperazine rings is 1. The number of aromatic nitrogens is 3. The number of hydrogen-bond acceptors (Lipinski definition) is 8. The number of phenols is 1. The molecule has 9 nitrogen and oxygen atoms in total. The predicted octanol–water partition coefficient (Wildman–Crippen LogP) is 3.75. The van der Waals surface area contributed by atoms with Crippen LogP contribution in [0.2, 0.25) is 0 Å². The Labute approximate surface area is 240 Å². The van der Waals surface area contributed by atoms with Gasteiger partial charge in [-0.15, -0.1) is 0 Å². The van der Waals surface area contributed by atoms with E-state index < -0.39 is 18.2 Å². The van der Waals surface area contributed by atoms with E-state index in [4.69, 9.17) is 12.5 Å². The van der Waals surface area contributed by atoms with E-state index in [1.54, 1.807) is 24.4 Å². The lowest BCUT2D eigenvalue weighted by atomic mass is 9.99. The van der Waals surface area contributed by atoms with Crippen molar-refractivity contribution in [3.8, 4) is 17.4 Å². The number of phenolic OH excluding ortho intramolecular Hbond substituents is 1. The van der Waals surface area contributed by atoms with Crippen LogP contribution in [0.25, 0.3) is 27.4 Å². The normalized spacial score (nSPS) is 23.8. The van der Waals surface area contributed by atoms with Crippen molar-refractivity contribution >= 4 is 27.5 Å². The monoisotopic (exact) mass is 560 g/mol. The Morgan fingerprint density at radius 2 is 1.98 bits per heavy atom. The smallest absolute Gasteiger partial charge is 0.319 e. The summed E-state index contributed by atoms with van der Waals surface area (Å²) in [6, 6.07) is 7.65. The second kappa shape index (κ2) is 10.3. The number of nitrogens with one attached hydrogen (secondary N) is 1. The molecular weight excluding hydrogens is 523 g/mol. The molecule has 7 rings (SSSR count). The number of halogens is 1. The van der Waals surface area contributed by atoms with Gasteiger partial charge in [-0.05, 0) is 74.8 Å². The molecule has 41 heavy (non-hydrogen) atoms. The Kier molecular flexibility index (Phi) is 5.98. The average Bonchev–Trinajstić information content (AvgIpc) is 3.57. The highest BCUT2D eigenvalue weighted by Gasteiger charge is 2.34. The lowest BCUT2D eigenvalue weighted by Crippen LogP contribution is -2.51. The fourth-order valence-corrected chi connectivity index (χ4v) is 6.72. The van der Waals surface area contributed by atoms with Gasteiger partial charge >= 0.3 is 6.01 Å². The number of benzene rings is 2. The van der Waals surface area contributed by atoms with Crippen LogP contribution in [0.15, 0.2) is 41.3 Å². The molecule has 0 amide bonds. The molecule has 10 heteroatoms. The Bertz CT molecular complexity index is 1790. The molecule has 2 bridgehead atoms. The largest absolute Gasteiger partial charge is 0.508 e. The molecule has 0 aliphatic carbocycles. The number of aryl methyl sites for hydroxylation is 1. The van der Waals surface area contributed by atoms with E-state index in [-0.39, 0.29) is 23.1 Å². The Morgan fingerprint density at radius 3 is 2.71 bits per heavy atom. The number of ether oxygens (including phenoxy) is 1. The fourth-order valence-electron chi connectivity index (χ4n) is 6.72. The van der Waals surface area contributed by atoms with E-state index in [9.17, 15) is 14.3 Å². The molecular formula is C31H35FN6O3. The summed E-state index contributed by atoms with van der Waals surface area (Å²) >= 11 is 0. The third-order valence-corrected chi connectivity index (χ3v) is 8.78. The number of likely N-dealkylation sites (tertiary alicyclic amines) is 1. The molecule has 4 aromatic rings. The maximum atomic E-state index is 14.9. The van der Waals surface area contributed by atoms with Crippen LogP contribution in [-0.4, -0.2) is 75.9 Å². The lowest BCUT2D eigenvalue weighted by Gasteiger charge is -2.34. The average molecular weight is 561 g/mol. The Hall–Kier alpha value is -3.76. The third kappa shape index (κ3) is 4.59. The number of likely N-dealkylation sites (N-methyl/N-ethyl adjacent to an activating group) is 1. The van der Waals surface area contributed by atoms with Crippen molar-refractivity contribution < 1.29 is 17.0 Å². The zero-order valence-corrected chi connectivity index (χ0v) is 23.2. The minimum absolute atomic E-state index is 0.0549. The molecule has 3 saturated heterocycles. The minimum Gasteiger partial charge on any atom is -0.508 e. The van der Waals surface area contributed by atoms with E-state index in [0.29, 0.717) is 71.2 Å². The topological polar surface area (TPSA) is 95.8 Å². The van der Waals surface area contributed by atoms with E-state index in [1.165, 1.54) is 16.7 Å². The maximum Gasteiger partial charge on any atom is 0.319 e. The van der Waals surface area contributed by atoms with Crippen molar-refractivity contribution in [1.82, 2.24) is 24.8 Å². The summed E-state index contributed by atoms with van der Waals surface area (Å²) in [5.41, 5.74) is 0.344. The third-order valence-electron chi connectivity index (χ3n) is 8.78. The molecule has 2 aromatic carbocycles. The van der Waals surface area contributed by atoms with Crippen LogP contribution in [0.1, 0.15) is 40.9 Å². The first-order valence-electron chi connectivity index (χ1n) is 15.4. The Balaban J connectivity index is 1.42. The second-order valence-corrected chi connectivity index (χ2v) is 11.4. The summed E-state index contributed by atoms with van der Waals surface area (Å²) in [5.74, 6) is 0.0866. The molecule has 3 aliphatic heterocycles. The van der Waals surface area contributed by atoms with Gasteiger partial charge in [0.2, 0.25) is 0 Å². The summed E-state index contributed by atoms with van der Waals surface area (Å²) in [4.78, 5) is 27.6. The highest BCUT2D eigenvalue weighted by atomic mass is 19.1. The molecule has 0 unspecified atom stereocenters. The van der Waals surface area contributed by atoms with Gasteiger partial charge in [-0.1, -0.05) is 13.0 Å². The van der Waals surface area contributed by atoms with E-state index in [1.807, 2.05) is 18.9 Å². The summed E-state index contributed by atoms with van der Waals surface area (Å²) < 4.78 is 39.7. The van der Waals surface area contributed by atoms with Gasteiger partial charge in [0.1, 0.15) is 29.5 Å². The van der Waals surface area contributed by atoms with Gasteiger partial charge < -0.3 is 25.0 Å². The molecule has 3 atom stereocenters. The van der Waals surface area contributed by atoms with Crippen LogP contribution in [0, 0.1) is 5.82 Å². The fraction of sp³-hybridized carbons (Fsp3) is 0.452. The Morgan fingerprint density at radius 1 is 1.17 bits per heavy atom. The van der Waals surface area contributed by atoms with Crippen LogP contribution in [0.5, 0.6) is 11.8 Å². The van der Waals surface area contributed by atoms with E-state index >= 15 is 0 Å². The summed E-state index contributed by atoms with van der Waals surface area (Å²) in [5, 5.41) is 15.8. The van der Waals surface area contributed by atoms with Crippen molar-refractivity contribution in [3.63, 3.8) is 0 Å². The zero-order valence-electron chi connectivity index (χ0n) is 25.2. The van der Waals surface area contributed by atoms with Crippen LogP contribution in [-0.2, 0) is 6.42 Å². The number of fused-ring (bicyclic) bond motifs is 4. The number of hydrogen-bond donors (Lipinski definition) is 2. The molecule has 3 aliphatic rings. The van der Waals surface area contributed by atoms with E-state index in [2.05, 4.69) is 15.2 Å². The highest BCUT2D eigenvalue weighted by molar-refractivity contribution is 5.95. The summed E-state index contributed by atoms with van der Waals surface area (Å²) in [7, 11) is 1.87. The number of anilines is 1. The van der Waals surface area contributed by atoms with Crippen molar-refractivity contribution in [1.29, 1.82) is 0 Å². The van der Waals surface area contributed by atoms with Gasteiger partial charge in [-0.3, -0.25) is 9.36 Å². The van der Waals surface area contributed by atoms with Gasteiger partial charge in [0, 0.05) is 48.9 Å². The number of rotatable bonds is 6. The standard InChI is InChI=1S/C31H35FN6O3/c1-3-23-25(32)9-6-18-13-22(39)14-26(27(18)23)38-12-10-24-28(30(38)40)34-31(41-17-21-5-4-11-36(21)2)35-29(24)37-15-19-7-8-20(16-37)33-19/h6,9-10,12-14,19-21,33,39H,3-5,7-8,11,15-17H2,1-2H3/t19-,20+,21-/m0/s1/i17D2.